The third kappa shape index (κ3) is 3.13. The van der Waals surface area contributed by atoms with Crippen molar-refractivity contribution in [1.29, 1.82) is 0 Å². The maximum atomic E-state index is 13.9. The molecule has 2 aromatic rings. The topological polar surface area (TPSA) is 12.0 Å². The van der Waals surface area contributed by atoms with Crippen molar-refractivity contribution in [2.45, 2.75) is 39.3 Å². The first-order valence-corrected chi connectivity index (χ1v) is 7.33. The summed E-state index contributed by atoms with van der Waals surface area (Å²) in [4.78, 5) is 0. The quantitative estimate of drug-likeness (QED) is 0.873. The first kappa shape index (κ1) is 14.2. The normalized spacial score (nSPS) is 14.5. The first-order chi connectivity index (χ1) is 10.0. The number of hydrogen-bond donors (Lipinski definition) is 1. The van der Waals surface area contributed by atoms with Crippen molar-refractivity contribution in [2.24, 2.45) is 0 Å². The molecule has 21 heavy (non-hydrogen) atoms. The van der Waals surface area contributed by atoms with Crippen LogP contribution in [0.4, 0.5) is 8.78 Å². The van der Waals surface area contributed by atoms with Crippen molar-refractivity contribution in [1.82, 2.24) is 5.32 Å². The van der Waals surface area contributed by atoms with Crippen LogP contribution >= 0.6 is 0 Å². The van der Waals surface area contributed by atoms with Gasteiger partial charge in [-0.2, -0.15) is 0 Å². The molecule has 1 saturated carbocycles. The summed E-state index contributed by atoms with van der Waals surface area (Å²) < 4.78 is 27.3. The Morgan fingerprint density at radius 2 is 1.71 bits per heavy atom. The number of rotatable bonds is 4. The zero-order chi connectivity index (χ0) is 15.0. The van der Waals surface area contributed by atoms with Crippen molar-refractivity contribution in [3.05, 3.63) is 58.7 Å². The van der Waals surface area contributed by atoms with Gasteiger partial charge in [-0.1, -0.05) is 6.07 Å². The predicted molar refractivity (Wildman–Crippen MR) is 81.1 cm³/mol. The van der Waals surface area contributed by atoms with Gasteiger partial charge in [0.15, 0.2) is 0 Å². The van der Waals surface area contributed by atoms with Gasteiger partial charge in [0.1, 0.15) is 11.6 Å². The molecule has 0 bridgehead atoms. The van der Waals surface area contributed by atoms with Crippen LogP contribution in [-0.4, -0.2) is 6.04 Å². The molecule has 2 aromatic carbocycles. The Kier molecular flexibility index (Phi) is 3.77. The molecule has 0 heterocycles. The van der Waals surface area contributed by atoms with Gasteiger partial charge in [0.05, 0.1) is 0 Å². The molecule has 1 nitrogen and oxygen atoms in total. The number of hydrogen-bond acceptors (Lipinski definition) is 1. The molecule has 1 aliphatic rings. The van der Waals surface area contributed by atoms with E-state index in [1.807, 2.05) is 19.9 Å². The lowest BCUT2D eigenvalue weighted by atomic mass is 9.94. The summed E-state index contributed by atoms with van der Waals surface area (Å²) in [5, 5.41) is 3.33. The molecule has 0 saturated heterocycles. The van der Waals surface area contributed by atoms with Gasteiger partial charge in [-0.15, -0.1) is 0 Å². The molecular weight excluding hydrogens is 268 g/mol. The summed E-state index contributed by atoms with van der Waals surface area (Å²) in [5.74, 6) is -0.421. The highest BCUT2D eigenvalue weighted by Crippen LogP contribution is 2.30. The summed E-state index contributed by atoms with van der Waals surface area (Å²) in [7, 11) is 0. The van der Waals surface area contributed by atoms with Crippen LogP contribution in [0.5, 0.6) is 0 Å². The van der Waals surface area contributed by atoms with Gasteiger partial charge in [0, 0.05) is 18.2 Å². The summed E-state index contributed by atoms with van der Waals surface area (Å²) in [5.41, 5.74) is 4.35. The molecule has 0 aromatic heterocycles. The van der Waals surface area contributed by atoms with E-state index in [4.69, 9.17) is 0 Å². The largest absolute Gasteiger partial charge is 0.310 e. The van der Waals surface area contributed by atoms with Crippen molar-refractivity contribution in [2.75, 3.05) is 0 Å². The van der Waals surface area contributed by atoms with Gasteiger partial charge in [-0.3, -0.25) is 0 Å². The Hall–Kier alpha value is -1.74. The lowest BCUT2D eigenvalue weighted by Gasteiger charge is -2.13. The highest BCUT2D eigenvalue weighted by molar-refractivity contribution is 5.71. The molecule has 0 amide bonds. The summed E-state index contributed by atoms with van der Waals surface area (Å²) in [6.45, 7) is 4.32. The summed E-state index contributed by atoms with van der Waals surface area (Å²) in [6, 6.07) is 8.73. The van der Waals surface area contributed by atoms with E-state index in [1.165, 1.54) is 31.0 Å². The van der Waals surface area contributed by atoms with Gasteiger partial charge in [0.25, 0.3) is 0 Å². The molecule has 0 radical (unpaired) electrons. The van der Waals surface area contributed by atoms with Crippen LogP contribution in [0.15, 0.2) is 30.3 Å². The van der Waals surface area contributed by atoms with E-state index in [2.05, 4.69) is 5.32 Å². The van der Waals surface area contributed by atoms with Crippen molar-refractivity contribution in [3.8, 4) is 11.1 Å². The number of halogens is 2. The fourth-order valence-electron chi connectivity index (χ4n) is 2.77. The van der Waals surface area contributed by atoms with Gasteiger partial charge in [-0.05, 0) is 73.2 Å². The van der Waals surface area contributed by atoms with E-state index in [1.54, 1.807) is 6.07 Å². The highest BCUT2D eigenvalue weighted by atomic mass is 19.1. The average Bonchev–Trinajstić information content (AvgIpc) is 3.22. The lowest BCUT2D eigenvalue weighted by molar-refractivity contribution is 0.587. The molecule has 0 atom stereocenters. The van der Waals surface area contributed by atoms with Crippen molar-refractivity contribution >= 4 is 0 Å². The maximum Gasteiger partial charge on any atom is 0.127 e. The molecule has 3 heteroatoms. The minimum atomic E-state index is -0.230. The van der Waals surface area contributed by atoms with E-state index in [0.29, 0.717) is 18.2 Å². The van der Waals surface area contributed by atoms with E-state index >= 15 is 0 Å². The Morgan fingerprint density at radius 3 is 2.33 bits per heavy atom. The van der Waals surface area contributed by atoms with Crippen LogP contribution in [0.25, 0.3) is 11.1 Å². The van der Waals surface area contributed by atoms with Crippen LogP contribution in [0.2, 0.25) is 0 Å². The second-order valence-corrected chi connectivity index (χ2v) is 5.88. The zero-order valence-corrected chi connectivity index (χ0v) is 12.3. The minimum absolute atomic E-state index is 0.190. The van der Waals surface area contributed by atoms with Crippen LogP contribution in [-0.2, 0) is 6.54 Å². The lowest BCUT2D eigenvalue weighted by Crippen LogP contribution is -2.16. The van der Waals surface area contributed by atoms with Gasteiger partial charge >= 0.3 is 0 Å². The zero-order valence-electron chi connectivity index (χ0n) is 12.3. The van der Waals surface area contributed by atoms with E-state index in [9.17, 15) is 8.78 Å². The van der Waals surface area contributed by atoms with Gasteiger partial charge < -0.3 is 5.32 Å². The third-order valence-corrected chi connectivity index (χ3v) is 3.99. The van der Waals surface area contributed by atoms with E-state index in [0.717, 1.165) is 22.3 Å². The first-order valence-electron chi connectivity index (χ1n) is 7.33. The molecular formula is C18H19F2N. The molecule has 1 fully saturated rings. The fraction of sp³-hybridized carbons (Fsp3) is 0.333. The Labute approximate surface area is 124 Å². The smallest absolute Gasteiger partial charge is 0.127 e. The van der Waals surface area contributed by atoms with Crippen LogP contribution in [0.1, 0.15) is 29.5 Å². The Bertz CT molecular complexity index is 652. The highest BCUT2D eigenvalue weighted by Gasteiger charge is 2.20. The van der Waals surface area contributed by atoms with Crippen LogP contribution in [0, 0.1) is 25.5 Å². The van der Waals surface area contributed by atoms with Crippen LogP contribution < -0.4 is 5.32 Å². The molecule has 0 spiro atoms. The molecule has 0 unspecified atom stereocenters. The second kappa shape index (κ2) is 5.57. The molecule has 0 aliphatic heterocycles. The molecule has 110 valence electrons. The van der Waals surface area contributed by atoms with Crippen molar-refractivity contribution in [3.63, 3.8) is 0 Å². The average molecular weight is 287 g/mol. The number of benzene rings is 2. The van der Waals surface area contributed by atoms with Gasteiger partial charge in [0.2, 0.25) is 0 Å². The SMILES string of the molecule is Cc1cc(F)cc(C)c1-c1ccc(F)c(CNC2CC2)c1. The fourth-order valence-corrected chi connectivity index (χ4v) is 2.77. The Balaban J connectivity index is 1.96. The maximum absolute atomic E-state index is 13.9. The summed E-state index contributed by atoms with van der Waals surface area (Å²) in [6.07, 6.45) is 2.36. The van der Waals surface area contributed by atoms with Crippen LogP contribution in [0.3, 0.4) is 0 Å². The molecule has 1 aliphatic carbocycles. The molecule has 1 N–H and O–H groups in total. The molecule has 3 rings (SSSR count). The predicted octanol–water partition coefficient (Wildman–Crippen LogP) is 4.50. The van der Waals surface area contributed by atoms with Crippen molar-refractivity contribution < 1.29 is 8.78 Å². The monoisotopic (exact) mass is 287 g/mol. The number of aryl methyl sites for hydroxylation is 2. The second-order valence-electron chi connectivity index (χ2n) is 5.88. The van der Waals surface area contributed by atoms with Gasteiger partial charge in [-0.25, -0.2) is 8.78 Å². The van der Waals surface area contributed by atoms with E-state index in [-0.39, 0.29) is 11.6 Å². The third-order valence-electron chi connectivity index (χ3n) is 3.99. The number of nitrogens with one attached hydrogen (secondary N) is 1. The Morgan fingerprint density at radius 1 is 1.05 bits per heavy atom. The summed E-state index contributed by atoms with van der Waals surface area (Å²) >= 11 is 0. The minimum Gasteiger partial charge on any atom is -0.310 e. The van der Waals surface area contributed by atoms with E-state index < -0.39 is 0 Å². The standard InChI is InChI=1S/C18H19F2N/c1-11-7-15(19)8-12(2)18(11)13-3-6-17(20)14(9-13)10-21-16-4-5-16/h3,6-9,16,21H,4-5,10H2,1-2H3.